The summed E-state index contributed by atoms with van der Waals surface area (Å²) in [6, 6.07) is 4.98. The van der Waals surface area contributed by atoms with Crippen LogP contribution in [0.25, 0.3) is 0 Å². The van der Waals surface area contributed by atoms with Crippen molar-refractivity contribution in [2.75, 3.05) is 5.32 Å². The highest BCUT2D eigenvalue weighted by atomic mass is 35.5. The summed E-state index contributed by atoms with van der Waals surface area (Å²) in [5.41, 5.74) is 0.455. The summed E-state index contributed by atoms with van der Waals surface area (Å²) in [6.45, 7) is 0. The summed E-state index contributed by atoms with van der Waals surface area (Å²) in [6.07, 6.45) is 4.39. The average molecular weight is 356 g/mol. The fraction of sp³-hybridized carbons (Fsp3) is 0.500. The number of halogens is 2. The first-order valence-corrected chi connectivity index (χ1v) is 8.60. The van der Waals surface area contributed by atoms with Gasteiger partial charge in [-0.1, -0.05) is 42.1 Å². The van der Waals surface area contributed by atoms with Crippen molar-refractivity contribution in [2.45, 2.75) is 50.2 Å². The Labute approximate surface area is 145 Å². The molecular weight excluding hydrogens is 337 g/mol. The molecule has 23 heavy (non-hydrogen) atoms. The van der Waals surface area contributed by atoms with E-state index < -0.39 is 6.04 Å². The van der Waals surface area contributed by atoms with Gasteiger partial charge in [-0.15, -0.1) is 0 Å². The molecule has 0 spiro atoms. The van der Waals surface area contributed by atoms with Gasteiger partial charge < -0.3 is 16.0 Å². The molecule has 1 saturated carbocycles. The molecule has 5 nitrogen and oxygen atoms in total. The van der Waals surface area contributed by atoms with Crippen molar-refractivity contribution < 1.29 is 9.59 Å². The second-order valence-electron chi connectivity index (χ2n) is 6.08. The fourth-order valence-corrected chi connectivity index (χ4v) is 3.61. The molecule has 0 aromatic heterocycles. The average Bonchev–Trinajstić information content (AvgIpc) is 2.52. The summed E-state index contributed by atoms with van der Waals surface area (Å²) in [4.78, 5) is 24.4. The maximum absolute atomic E-state index is 12.2. The largest absolute Gasteiger partial charge is 0.350 e. The van der Waals surface area contributed by atoms with Gasteiger partial charge in [0.2, 0.25) is 11.8 Å². The van der Waals surface area contributed by atoms with Crippen molar-refractivity contribution in [3.8, 4) is 0 Å². The van der Waals surface area contributed by atoms with Crippen molar-refractivity contribution in [3.05, 3.63) is 28.2 Å². The third-order valence-corrected chi connectivity index (χ3v) is 5.26. The molecule has 3 rings (SSSR count). The molecule has 3 atom stereocenters. The number of benzene rings is 1. The van der Waals surface area contributed by atoms with Gasteiger partial charge in [0.05, 0.1) is 28.2 Å². The number of piperazine rings is 1. The second kappa shape index (κ2) is 7.07. The second-order valence-corrected chi connectivity index (χ2v) is 6.86. The lowest BCUT2D eigenvalue weighted by molar-refractivity contribution is -0.129. The molecule has 1 aromatic rings. The van der Waals surface area contributed by atoms with Gasteiger partial charge >= 0.3 is 0 Å². The van der Waals surface area contributed by atoms with E-state index in [1.165, 1.54) is 0 Å². The Hall–Kier alpha value is -1.30. The number of nitrogens with one attached hydrogen (secondary N) is 3. The smallest absolute Gasteiger partial charge is 0.237 e. The number of hydrogen-bond donors (Lipinski definition) is 3. The highest BCUT2D eigenvalue weighted by Crippen LogP contribution is 2.29. The van der Waals surface area contributed by atoms with Crippen molar-refractivity contribution in [1.29, 1.82) is 0 Å². The zero-order valence-corrected chi connectivity index (χ0v) is 14.1. The summed E-state index contributed by atoms with van der Waals surface area (Å²) >= 11 is 12.0. The standard InChI is InChI=1S/C16H19Cl2N3O2/c17-9-4-3-7-12(15(9)18)20-14(22)8-13-16(23)21-11-6-2-1-5-10(11)19-13/h3-4,7,10-11,13,19H,1-2,5-6,8H2,(H,20,22)(H,21,23)/t10-,11-,13+/m1/s1. The lowest BCUT2D eigenvalue weighted by atomic mass is 9.87. The number of carbonyl (C=O) groups excluding carboxylic acids is 2. The number of rotatable bonds is 3. The highest BCUT2D eigenvalue weighted by molar-refractivity contribution is 6.44. The molecule has 1 aromatic carbocycles. The van der Waals surface area contributed by atoms with Crippen LogP contribution in [-0.4, -0.2) is 29.9 Å². The Morgan fingerprint density at radius 3 is 2.74 bits per heavy atom. The lowest BCUT2D eigenvalue weighted by Gasteiger charge is -2.40. The lowest BCUT2D eigenvalue weighted by Crippen LogP contribution is -2.65. The van der Waals surface area contributed by atoms with Gasteiger partial charge in [0.15, 0.2) is 0 Å². The number of hydrogen-bond acceptors (Lipinski definition) is 3. The van der Waals surface area contributed by atoms with Crippen LogP contribution in [0.1, 0.15) is 32.1 Å². The van der Waals surface area contributed by atoms with E-state index in [-0.39, 0.29) is 30.3 Å². The number of carbonyl (C=O) groups is 2. The summed E-state index contributed by atoms with van der Waals surface area (Å²) in [5, 5.41) is 9.74. The predicted molar refractivity (Wildman–Crippen MR) is 90.8 cm³/mol. The van der Waals surface area contributed by atoms with E-state index in [4.69, 9.17) is 23.2 Å². The molecule has 2 amide bonds. The van der Waals surface area contributed by atoms with Gasteiger partial charge in [0.1, 0.15) is 0 Å². The molecule has 1 aliphatic heterocycles. The zero-order valence-electron chi connectivity index (χ0n) is 12.6. The van der Waals surface area contributed by atoms with Crippen LogP contribution in [0.2, 0.25) is 10.0 Å². The number of amides is 2. The normalized spacial score (nSPS) is 27.0. The first kappa shape index (κ1) is 16.6. The maximum Gasteiger partial charge on any atom is 0.237 e. The SMILES string of the molecule is O=C(C[C@@H]1N[C@@H]2CCCC[C@H]2NC1=O)Nc1cccc(Cl)c1Cl. The molecule has 124 valence electrons. The third-order valence-electron chi connectivity index (χ3n) is 4.44. The van der Waals surface area contributed by atoms with Crippen molar-refractivity contribution in [1.82, 2.24) is 10.6 Å². The van der Waals surface area contributed by atoms with Crippen LogP contribution in [0.5, 0.6) is 0 Å². The highest BCUT2D eigenvalue weighted by Gasteiger charge is 2.36. The Kier molecular flexibility index (Phi) is 5.09. The van der Waals surface area contributed by atoms with Crippen LogP contribution in [0.4, 0.5) is 5.69 Å². The van der Waals surface area contributed by atoms with E-state index >= 15 is 0 Å². The quantitative estimate of drug-likeness (QED) is 0.780. The van der Waals surface area contributed by atoms with Crippen LogP contribution in [0.3, 0.4) is 0 Å². The summed E-state index contributed by atoms with van der Waals surface area (Å²) < 4.78 is 0. The fourth-order valence-electron chi connectivity index (χ4n) is 3.26. The Balaban J connectivity index is 1.61. The van der Waals surface area contributed by atoms with Gasteiger partial charge in [0.25, 0.3) is 0 Å². The molecule has 1 heterocycles. The topological polar surface area (TPSA) is 70.2 Å². The van der Waals surface area contributed by atoms with E-state index in [1.807, 2.05) is 0 Å². The van der Waals surface area contributed by atoms with Crippen LogP contribution in [0.15, 0.2) is 18.2 Å². The summed E-state index contributed by atoms with van der Waals surface area (Å²) in [5.74, 6) is -0.378. The third kappa shape index (κ3) is 3.79. The number of anilines is 1. The Morgan fingerprint density at radius 2 is 1.96 bits per heavy atom. The molecule has 0 bridgehead atoms. The minimum atomic E-state index is -0.507. The van der Waals surface area contributed by atoms with Gasteiger partial charge in [-0.25, -0.2) is 0 Å². The van der Waals surface area contributed by atoms with E-state index in [0.717, 1.165) is 25.7 Å². The van der Waals surface area contributed by atoms with Gasteiger partial charge in [0, 0.05) is 12.1 Å². The van der Waals surface area contributed by atoms with Crippen LogP contribution < -0.4 is 16.0 Å². The molecule has 0 unspecified atom stereocenters. The van der Waals surface area contributed by atoms with Crippen LogP contribution >= 0.6 is 23.2 Å². The molecular formula is C16H19Cl2N3O2. The molecule has 7 heteroatoms. The molecule has 1 saturated heterocycles. The van der Waals surface area contributed by atoms with Crippen molar-refractivity contribution in [3.63, 3.8) is 0 Å². The summed E-state index contributed by atoms with van der Waals surface area (Å²) in [7, 11) is 0. The van der Waals surface area contributed by atoms with Crippen molar-refractivity contribution in [2.24, 2.45) is 0 Å². The van der Waals surface area contributed by atoms with E-state index in [1.54, 1.807) is 18.2 Å². The predicted octanol–water partition coefficient (Wildman–Crippen LogP) is 2.72. The molecule has 2 fully saturated rings. The first-order chi connectivity index (χ1) is 11.0. The molecule has 2 aliphatic rings. The van der Waals surface area contributed by atoms with Gasteiger partial charge in [-0.05, 0) is 25.0 Å². The Morgan fingerprint density at radius 1 is 1.22 bits per heavy atom. The Bertz CT molecular complexity index is 623. The van der Waals surface area contributed by atoms with Gasteiger partial charge in [-0.3, -0.25) is 9.59 Å². The van der Waals surface area contributed by atoms with E-state index in [9.17, 15) is 9.59 Å². The monoisotopic (exact) mass is 355 g/mol. The van der Waals surface area contributed by atoms with Crippen LogP contribution in [-0.2, 0) is 9.59 Å². The number of fused-ring (bicyclic) bond motifs is 1. The minimum absolute atomic E-state index is 0.0674. The van der Waals surface area contributed by atoms with Gasteiger partial charge in [-0.2, -0.15) is 0 Å². The van der Waals surface area contributed by atoms with E-state index in [2.05, 4.69) is 16.0 Å². The zero-order chi connectivity index (χ0) is 16.4. The maximum atomic E-state index is 12.2. The minimum Gasteiger partial charge on any atom is -0.350 e. The molecule has 3 N–H and O–H groups in total. The molecule has 0 radical (unpaired) electrons. The first-order valence-electron chi connectivity index (χ1n) is 7.85. The van der Waals surface area contributed by atoms with Crippen LogP contribution in [0, 0.1) is 0 Å². The molecule has 1 aliphatic carbocycles. The van der Waals surface area contributed by atoms with E-state index in [0.29, 0.717) is 15.7 Å². The van der Waals surface area contributed by atoms with Crippen molar-refractivity contribution >= 4 is 40.7 Å².